The van der Waals surface area contributed by atoms with Crippen LogP contribution in [0.5, 0.6) is 0 Å². The second-order valence-corrected chi connectivity index (χ2v) is 4.49. The normalized spacial score (nSPS) is 32.0. The number of rotatable bonds is 1. The Morgan fingerprint density at radius 3 is 2.73 bits per heavy atom. The van der Waals surface area contributed by atoms with Crippen LogP contribution in [0.3, 0.4) is 0 Å². The van der Waals surface area contributed by atoms with E-state index in [1.54, 1.807) is 6.08 Å². The average Bonchev–Trinajstić information content (AvgIpc) is 2.18. The Hall–Kier alpha value is -0.770. The maximum Gasteiger partial charge on any atom is 0.286 e. The van der Waals surface area contributed by atoms with Gasteiger partial charge in [0.15, 0.2) is 0 Å². The Morgan fingerprint density at radius 1 is 1.33 bits per heavy atom. The summed E-state index contributed by atoms with van der Waals surface area (Å²) in [5.41, 5.74) is 0.801. The monoisotopic (exact) mass is 273 g/mol. The molecule has 1 aliphatic heterocycles. The first-order chi connectivity index (χ1) is 6.94. The average molecular weight is 274 g/mol. The van der Waals surface area contributed by atoms with E-state index in [9.17, 15) is 8.78 Å². The lowest BCUT2D eigenvalue weighted by molar-refractivity contribution is 0.110. The molecule has 0 fully saturated rings. The standard InChI is InChI=1S/C11H10BrF2N/c1-10(7-12)4-2-8-6-11(13,14)5-3-9(8)15-10/h2-6H,7H2,1H3. The van der Waals surface area contributed by atoms with Crippen LogP contribution in [0.2, 0.25) is 0 Å². The Bertz CT molecular complexity index is 407. The lowest BCUT2D eigenvalue weighted by Gasteiger charge is -2.26. The van der Waals surface area contributed by atoms with Gasteiger partial charge in [0.2, 0.25) is 0 Å². The second-order valence-electron chi connectivity index (χ2n) is 3.93. The topological polar surface area (TPSA) is 12.4 Å². The maximum absolute atomic E-state index is 13.0. The van der Waals surface area contributed by atoms with Gasteiger partial charge in [-0.3, -0.25) is 4.99 Å². The number of hydrogen-bond donors (Lipinski definition) is 0. The third-order valence-corrected chi connectivity index (χ3v) is 3.51. The smallest absolute Gasteiger partial charge is 0.273 e. The largest absolute Gasteiger partial charge is 0.286 e. The highest BCUT2D eigenvalue weighted by atomic mass is 79.9. The van der Waals surface area contributed by atoms with Crippen molar-refractivity contribution in [2.45, 2.75) is 18.4 Å². The molecule has 1 nitrogen and oxygen atoms in total. The molecule has 0 saturated heterocycles. The van der Waals surface area contributed by atoms with Crippen molar-refractivity contribution in [3.8, 4) is 0 Å². The van der Waals surface area contributed by atoms with E-state index in [-0.39, 0.29) is 5.54 Å². The molecular weight excluding hydrogens is 264 g/mol. The van der Waals surface area contributed by atoms with Crippen LogP contribution < -0.4 is 0 Å². The van der Waals surface area contributed by atoms with E-state index in [2.05, 4.69) is 20.9 Å². The zero-order valence-electron chi connectivity index (χ0n) is 8.17. The molecule has 0 aromatic rings. The first kappa shape index (κ1) is 10.7. The van der Waals surface area contributed by atoms with Gasteiger partial charge >= 0.3 is 0 Å². The van der Waals surface area contributed by atoms with E-state index < -0.39 is 5.92 Å². The highest BCUT2D eigenvalue weighted by Gasteiger charge is 2.30. The summed E-state index contributed by atoms with van der Waals surface area (Å²) in [7, 11) is 0. The van der Waals surface area contributed by atoms with Gasteiger partial charge < -0.3 is 0 Å². The van der Waals surface area contributed by atoms with E-state index in [1.807, 2.05) is 13.0 Å². The number of alkyl halides is 3. The highest BCUT2D eigenvalue weighted by Crippen LogP contribution is 2.30. The number of fused-ring (bicyclic) bond motifs is 1. The predicted molar refractivity (Wildman–Crippen MR) is 60.9 cm³/mol. The van der Waals surface area contributed by atoms with Crippen molar-refractivity contribution >= 4 is 21.6 Å². The fourth-order valence-electron chi connectivity index (χ4n) is 1.51. The molecule has 0 bridgehead atoms. The van der Waals surface area contributed by atoms with E-state index in [0.717, 1.165) is 12.2 Å². The fraction of sp³-hybridized carbons (Fsp3) is 0.364. The molecule has 1 aliphatic carbocycles. The molecule has 15 heavy (non-hydrogen) atoms. The lowest BCUT2D eigenvalue weighted by Crippen LogP contribution is -2.28. The first-order valence-corrected chi connectivity index (χ1v) is 5.72. The summed E-state index contributed by atoms with van der Waals surface area (Å²) in [6, 6.07) is 0. The SMILES string of the molecule is CC1(CBr)C=CC2=CC(F)(F)C=CC2=N1. The predicted octanol–water partition coefficient (Wildman–Crippen LogP) is 3.28. The van der Waals surface area contributed by atoms with Crippen LogP contribution in [0, 0.1) is 0 Å². The third-order valence-electron chi connectivity index (χ3n) is 2.38. The van der Waals surface area contributed by atoms with Gasteiger partial charge in [-0.25, -0.2) is 0 Å². The molecule has 2 aliphatic rings. The molecule has 1 atom stereocenters. The molecule has 0 spiro atoms. The van der Waals surface area contributed by atoms with Gasteiger partial charge in [-0.2, -0.15) is 8.78 Å². The number of dihydropyridines is 1. The highest BCUT2D eigenvalue weighted by molar-refractivity contribution is 9.09. The molecule has 80 valence electrons. The minimum atomic E-state index is -2.85. The van der Waals surface area contributed by atoms with Gasteiger partial charge in [-0.1, -0.05) is 28.1 Å². The van der Waals surface area contributed by atoms with Crippen molar-refractivity contribution in [2.75, 3.05) is 5.33 Å². The number of allylic oxidation sites excluding steroid dienone is 5. The summed E-state index contributed by atoms with van der Waals surface area (Å²) in [4.78, 5) is 4.41. The number of aliphatic imine (C=N–C) groups is 1. The van der Waals surface area contributed by atoms with E-state index >= 15 is 0 Å². The minimum Gasteiger partial charge on any atom is -0.273 e. The minimum absolute atomic E-state index is 0.330. The van der Waals surface area contributed by atoms with Crippen molar-refractivity contribution in [1.82, 2.24) is 0 Å². The Kier molecular flexibility index (Phi) is 2.41. The Labute approximate surface area is 95.4 Å². The third kappa shape index (κ3) is 2.09. The Balaban J connectivity index is 2.39. The number of halogens is 3. The summed E-state index contributed by atoms with van der Waals surface area (Å²) in [6.07, 6.45) is 6.76. The Morgan fingerprint density at radius 2 is 2.07 bits per heavy atom. The molecule has 0 amide bonds. The first-order valence-electron chi connectivity index (χ1n) is 4.59. The van der Waals surface area contributed by atoms with Gasteiger partial charge in [-0.05, 0) is 25.2 Å². The molecule has 2 rings (SSSR count). The van der Waals surface area contributed by atoms with Crippen LogP contribution in [0.15, 0.2) is 40.9 Å². The van der Waals surface area contributed by atoms with E-state index in [4.69, 9.17) is 0 Å². The van der Waals surface area contributed by atoms with Gasteiger partial charge in [0.25, 0.3) is 5.92 Å². The fourth-order valence-corrected chi connectivity index (χ4v) is 1.82. The molecule has 0 aromatic carbocycles. The molecule has 0 radical (unpaired) electrons. The van der Waals surface area contributed by atoms with E-state index in [0.29, 0.717) is 16.6 Å². The number of nitrogens with zero attached hydrogens (tertiary/aromatic N) is 1. The molecule has 0 saturated carbocycles. The molecule has 0 aromatic heterocycles. The summed E-state index contributed by atoms with van der Waals surface area (Å²) < 4.78 is 26.0. The van der Waals surface area contributed by atoms with Crippen molar-refractivity contribution < 1.29 is 8.78 Å². The van der Waals surface area contributed by atoms with E-state index in [1.165, 1.54) is 6.08 Å². The van der Waals surface area contributed by atoms with Crippen LogP contribution in [-0.2, 0) is 0 Å². The van der Waals surface area contributed by atoms with Crippen molar-refractivity contribution in [3.05, 3.63) is 36.0 Å². The summed E-state index contributed by atoms with van der Waals surface area (Å²) in [6.45, 7) is 1.95. The zero-order valence-corrected chi connectivity index (χ0v) is 9.76. The van der Waals surface area contributed by atoms with Crippen LogP contribution in [0.4, 0.5) is 8.78 Å². The van der Waals surface area contributed by atoms with Crippen molar-refractivity contribution in [1.29, 1.82) is 0 Å². The zero-order chi connectivity index (χ0) is 11.1. The molecular formula is C11H10BrF2N. The molecule has 1 unspecified atom stereocenters. The van der Waals surface area contributed by atoms with Crippen LogP contribution in [0.25, 0.3) is 0 Å². The van der Waals surface area contributed by atoms with Gasteiger partial charge in [-0.15, -0.1) is 0 Å². The second kappa shape index (κ2) is 3.37. The molecule has 4 heteroatoms. The maximum atomic E-state index is 13.0. The van der Waals surface area contributed by atoms with Gasteiger partial charge in [0.05, 0.1) is 11.3 Å². The van der Waals surface area contributed by atoms with Crippen molar-refractivity contribution in [3.63, 3.8) is 0 Å². The van der Waals surface area contributed by atoms with Gasteiger partial charge in [0.1, 0.15) is 0 Å². The van der Waals surface area contributed by atoms with Gasteiger partial charge in [0, 0.05) is 10.9 Å². The lowest BCUT2D eigenvalue weighted by atomic mass is 9.93. The number of hydrogen-bond acceptors (Lipinski definition) is 1. The van der Waals surface area contributed by atoms with Crippen LogP contribution >= 0.6 is 15.9 Å². The summed E-state index contributed by atoms with van der Waals surface area (Å²) >= 11 is 3.36. The summed E-state index contributed by atoms with van der Waals surface area (Å²) in [5.74, 6) is -2.85. The quantitative estimate of drug-likeness (QED) is 0.651. The van der Waals surface area contributed by atoms with Crippen LogP contribution in [-0.4, -0.2) is 22.5 Å². The van der Waals surface area contributed by atoms with Crippen molar-refractivity contribution in [2.24, 2.45) is 4.99 Å². The molecule has 1 heterocycles. The van der Waals surface area contributed by atoms with Crippen LogP contribution in [0.1, 0.15) is 6.92 Å². The summed E-state index contributed by atoms with van der Waals surface area (Å²) in [5, 5.41) is 0.678. The molecule has 0 N–H and O–H groups in total.